The molecule has 0 radical (unpaired) electrons. The van der Waals surface area contributed by atoms with Gasteiger partial charge in [0.2, 0.25) is 5.91 Å². The number of hydrogen-bond donors (Lipinski definition) is 3. The summed E-state index contributed by atoms with van der Waals surface area (Å²) in [5.41, 5.74) is 8.53. The van der Waals surface area contributed by atoms with E-state index in [1.54, 1.807) is 12.1 Å². The highest BCUT2D eigenvalue weighted by Gasteiger charge is 2.20. The number of carbonyl (C=O) groups excluding carboxylic acids is 2. The maximum Gasteiger partial charge on any atom is 0.338 e. The molecule has 6 heteroatoms. The highest BCUT2D eigenvalue weighted by molar-refractivity contribution is 6.07. The third-order valence-electron chi connectivity index (χ3n) is 3.93. The van der Waals surface area contributed by atoms with E-state index >= 15 is 0 Å². The molecule has 3 aromatic rings. The van der Waals surface area contributed by atoms with Crippen LogP contribution in [0, 0.1) is 0 Å². The number of rotatable bonds is 6. The van der Waals surface area contributed by atoms with E-state index in [1.807, 2.05) is 60.7 Å². The van der Waals surface area contributed by atoms with Gasteiger partial charge in [-0.15, -0.1) is 0 Å². The molecule has 0 aliphatic rings. The van der Waals surface area contributed by atoms with Crippen molar-refractivity contribution in [3.63, 3.8) is 0 Å². The lowest BCUT2D eigenvalue weighted by molar-refractivity contribution is 0.0597. The summed E-state index contributed by atoms with van der Waals surface area (Å²) in [6.07, 6.45) is 0. The third kappa shape index (κ3) is 4.24. The molecule has 0 aliphatic heterocycles. The number of primary amides is 1. The fourth-order valence-corrected chi connectivity index (χ4v) is 2.64. The van der Waals surface area contributed by atoms with E-state index in [2.05, 4.69) is 10.6 Å². The average Bonchev–Trinajstić information content (AvgIpc) is 2.69. The molecule has 0 unspecified atom stereocenters. The highest BCUT2D eigenvalue weighted by Crippen LogP contribution is 2.32. The zero-order valence-electron chi connectivity index (χ0n) is 14.7. The Bertz CT molecular complexity index is 957. The Labute approximate surface area is 157 Å². The summed E-state index contributed by atoms with van der Waals surface area (Å²) in [7, 11) is 1.26. The molecule has 136 valence electrons. The van der Waals surface area contributed by atoms with Crippen molar-refractivity contribution in [2.24, 2.45) is 5.73 Å². The number of anilines is 4. The molecule has 0 saturated carbocycles. The predicted octanol–water partition coefficient (Wildman–Crippen LogP) is 4.06. The van der Waals surface area contributed by atoms with Gasteiger partial charge in [0.05, 0.1) is 29.6 Å². The molecule has 0 saturated heterocycles. The Morgan fingerprint density at radius 1 is 0.778 bits per heavy atom. The summed E-state index contributed by atoms with van der Waals surface area (Å²) in [6.45, 7) is 0. The van der Waals surface area contributed by atoms with Gasteiger partial charge in [0.25, 0.3) is 0 Å². The van der Waals surface area contributed by atoms with Crippen molar-refractivity contribution in [3.8, 4) is 0 Å². The minimum absolute atomic E-state index is 0.0823. The Hall–Kier alpha value is -3.80. The molecule has 3 rings (SSSR count). The lowest BCUT2D eigenvalue weighted by Gasteiger charge is -2.17. The SMILES string of the molecule is COC(=O)c1cc(Nc2ccccc2)c(Nc2ccccc2)cc1C(N)=O. The van der Waals surface area contributed by atoms with Gasteiger partial charge in [-0.3, -0.25) is 4.79 Å². The first-order valence-electron chi connectivity index (χ1n) is 8.29. The van der Waals surface area contributed by atoms with Crippen LogP contribution >= 0.6 is 0 Å². The maximum absolute atomic E-state index is 12.1. The molecule has 0 atom stereocenters. The number of benzene rings is 3. The number of carbonyl (C=O) groups is 2. The van der Waals surface area contributed by atoms with Crippen LogP contribution in [0.4, 0.5) is 22.7 Å². The summed E-state index contributed by atoms with van der Waals surface area (Å²) in [4.78, 5) is 24.0. The Kier molecular flexibility index (Phi) is 5.37. The van der Waals surface area contributed by atoms with Gasteiger partial charge in [0.15, 0.2) is 0 Å². The van der Waals surface area contributed by atoms with E-state index in [9.17, 15) is 9.59 Å². The van der Waals surface area contributed by atoms with Crippen molar-refractivity contribution < 1.29 is 14.3 Å². The lowest BCUT2D eigenvalue weighted by atomic mass is 10.0. The minimum Gasteiger partial charge on any atom is -0.465 e. The zero-order chi connectivity index (χ0) is 19.2. The van der Waals surface area contributed by atoms with Crippen LogP contribution in [-0.4, -0.2) is 19.0 Å². The molecule has 6 nitrogen and oxygen atoms in total. The van der Waals surface area contributed by atoms with E-state index in [1.165, 1.54) is 7.11 Å². The Morgan fingerprint density at radius 2 is 1.22 bits per heavy atom. The quantitative estimate of drug-likeness (QED) is 0.576. The van der Waals surface area contributed by atoms with Gasteiger partial charge in [0.1, 0.15) is 0 Å². The van der Waals surface area contributed by atoms with Crippen molar-refractivity contribution >= 4 is 34.6 Å². The number of hydrogen-bond acceptors (Lipinski definition) is 5. The van der Waals surface area contributed by atoms with E-state index in [-0.39, 0.29) is 11.1 Å². The van der Waals surface area contributed by atoms with Crippen LogP contribution in [0.15, 0.2) is 72.8 Å². The fraction of sp³-hybridized carbons (Fsp3) is 0.0476. The number of nitrogens with two attached hydrogens (primary N) is 1. The van der Waals surface area contributed by atoms with E-state index in [0.717, 1.165) is 11.4 Å². The van der Waals surface area contributed by atoms with Crippen molar-refractivity contribution in [1.82, 2.24) is 0 Å². The van der Waals surface area contributed by atoms with Crippen LogP contribution in [0.5, 0.6) is 0 Å². The first-order valence-corrected chi connectivity index (χ1v) is 8.29. The number of para-hydroxylation sites is 2. The number of amides is 1. The molecule has 0 heterocycles. The van der Waals surface area contributed by atoms with Crippen LogP contribution in [-0.2, 0) is 4.74 Å². The van der Waals surface area contributed by atoms with Gasteiger partial charge in [-0.05, 0) is 36.4 Å². The number of methoxy groups -OCH3 is 1. The van der Waals surface area contributed by atoms with Crippen LogP contribution in [0.1, 0.15) is 20.7 Å². The van der Waals surface area contributed by atoms with Crippen molar-refractivity contribution in [3.05, 3.63) is 83.9 Å². The molecular weight excluding hydrogens is 342 g/mol. The number of nitrogens with one attached hydrogen (secondary N) is 2. The molecule has 0 bridgehead atoms. The number of esters is 1. The summed E-state index contributed by atoms with van der Waals surface area (Å²) < 4.78 is 4.80. The van der Waals surface area contributed by atoms with Crippen LogP contribution in [0.2, 0.25) is 0 Å². The Balaban J connectivity index is 2.11. The molecule has 0 fully saturated rings. The van der Waals surface area contributed by atoms with Crippen LogP contribution in [0.3, 0.4) is 0 Å². The smallest absolute Gasteiger partial charge is 0.338 e. The second-order valence-corrected chi connectivity index (χ2v) is 5.78. The van der Waals surface area contributed by atoms with Gasteiger partial charge < -0.3 is 21.1 Å². The highest BCUT2D eigenvalue weighted by atomic mass is 16.5. The average molecular weight is 361 g/mol. The van der Waals surface area contributed by atoms with Crippen LogP contribution < -0.4 is 16.4 Å². The zero-order valence-corrected chi connectivity index (χ0v) is 14.7. The standard InChI is InChI=1S/C21H19N3O3/c1-27-21(26)17-13-19(24-15-10-6-3-7-11-15)18(12-16(17)20(22)25)23-14-8-4-2-5-9-14/h2-13,23-24H,1H3,(H2,22,25). The number of ether oxygens (including phenoxy) is 1. The van der Waals surface area contributed by atoms with Crippen molar-refractivity contribution in [1.29, 1.82) is 0 Å². The monoisotopic (exact) mass is 361 g/mol. The third-order valence-corrected chi connectivity index (χ3v) is 3.93. The molecule has 0 spiro atoms. The minimum atomic E-state index is -0.710. The first-order chi connectivity index (χ1) is 13.1. The van der Waals surface area contributed by atoms with E-state index in [4.69, 9.17) is 10.5 Å². The molecule has 0 aliphatic carbocycles. The van der Waals surface area contributed by atoms with Gasteiger partial charge in [0, 0.05) is 11.4 Å². The largest absolute Gasteiger partial charge is 0.465 e. The van der Waals surface area contributed by atoms with Gasteiger partial charge in [-0.1, -0.05) is 36.4 Å². The second kappa shape index (κ2) is 8.05. The van der Waals surface area contributed by atoms with E-state index in [0.29, 0.717) is 11.4 Å². The fourth-order valence-electron chi connectivity index (χ4n) is 2.64. The molecule has 1 amide bonds. The van der Waals surface area contributed by atoms with Crippen molar-refractivity contribution in [2.45, 2.75) is 0 Å². The summed E-state index contributed by atoms with van der Waals surface area (Å²) in [6, 6.07) is 22.1. The Morgan fingerprint density at radius 3 is 1.63 bits per heavy atom. The summed E-state index contributed by atoms with van der Waals surface area (Å²) in [5, 5.41) is 6.51. The molecule has 27 heavy (non-hydrogen) atoms. The molecule has 4 N–H and O–H groups in total. The van der Waals surface area contributed by atoms with Gasteiger partial charge in [-0.25, -0.2) is 4.79 Å². The first kappa shape index (κ1) is 18.0. The van der Waals surface area contributed by atoms with Gasteiger partial charge >= 0.3 is 5.97 Å². The predicted molar refractivity (Wildman–Crippen MR) is 106 cm³/mol. The van der Waals surface area contributed by atoms with Crippen molar-refractivity contribution in [2.75, 3.05) is 17.7 Å². The molecule has 0 aromatic heterocycles. The second-order valence-electron chi connectivity index (χ2n) is 5.78. The molecular formula is C21H19N3O3. The normalized spacial score (nSPS) is 10.1. The lowest BCUT2D eigenvalue weighted by Crippen LogP contribution is -2.18. The molecule has 3 aromatic carbocycles. The van der Waals surface area contributed by atoms with Crippen LogP contribution in [0.25, 0.3) is 0 Å². The van der Waals surface area contributed by atoms with Gasteiger partial charge in [-0.2, -0.15) is 0 Å². The topological polar surface area (TPSA) is 93.4 Å². The van der Waals surface area contributed by atoms with E-state index < -0.39 is 11.9 Å². The summed E-state index contributed by atoms with van der Waals surface area (Å²) >= 11 is 0. The maximum atomic E-state index is 12.1. The summed E-state index contributed by atoms with van der Waals surface area (Å²) in [5.74, 6) is -1.34.